The Balaban J connectivity index is 0.000000371. The van der Waals surface area contributed by atoms with Gasteiger partial charge in [0.05, 0.1) is 6.10 Å². The monoisotopic (exact) mass is 142 g/mol. The smallest absolute Gasteiger partial charge is 0.0556 e. The van der Waals surface area contributed by atoms with E-state index in [-0.39, 0.29) is 11.5 Å². The molecule has 0 spiro atoms. The van der Waals surface area contributed by atoms with Crippen molar-refractivity contribution in [2.24, 2.45) is 5.41 Å². The van der Waals surface area contributed by atoms with Crippen molar-refractivity contribution in [1.29, 1.82) is 0 Å². The Bertz CT molecular complexity index is 101. The predicted molar refractivity (Wildman–Crippen MR) is 44.9 cm³/mol. The van der Waals surface area contributed by atoms with Crippen molar-refractivity contribution in [1.82, 2.24) is 0 Å². The van der Waals surface area contributed by atoms with Crippen LogP contribution in [0.25, 0.3) is 0 Å². The second-order valence-electron chi connectivity index (χ2n) is 2.92. The molecule has 1 rings (SSSR count). The standard InChI is InChI=1S/C7H12O.C2H6/c1-3-7(2)4-6(8)5-7;1-2/h3,6,8H,1,4-5H2,2H3;1-2H3. The minimum Gasteiger partial charge on any atom is -0.393 e. The number of aliphatic hydroxyl groups is 1. The second kappa shape index (κ2) is 3.77. The molecule has 0 amide bonds. The van der Waals surface area contributed by atoms with Gasteiger partial charge in [0.25, 0.3) is 0 Å². The summed E-state index contributed by atoms with van der Waals surface area (Å²) in [4.78, 5) is 0. The molecular formula is C9H18O. The number of aliphatic hydroxyl groups excluding tert-OH is 1. The Kier molecular flexibility index (Phi) is 3.66. The molecule has 60 valence electrons. The van der Waals surface area contributed by atoms with Crippen molar-refractivity contribution in [2.45, 2.75) is 39.7 Å². The Labute approximate surface area is 63.8 Å². The molecule has 0 saturated heterocycles. The normalized spacial score (nSPS) is 37.0. The van der Waals surface area contributed by atoms with E-state index in [2.05, 4.69) is 13.5 Å². The van der Waals surface area contributed by atoms with Gasteiger partial charge in [0, 0.05) is 0 Å². The summed E-state index contributed by atoms with van der Waals surface area (Å²) >= 11 is 0. The van der Waals surface area contributed by atoms with Crippen LogP contribution in [-0.4, -0.2) is 11.2 Å². The van der Waals surface area contributed by atoms with Crippen LogP contribution in [0.2, 0.25) is 0 Å². The zero-order valence-corrected chi connectivity index (χ0v) is 7.22. The van der Waals surface area contributed by atoms with Gasteiger partial charge in [0.2, 0.25) is 0 Å². The van der Waals surface area contributed by atoms with Crippen LogP contribution in [0.3, 0.4) is 0 Å². The van der Waals surface area contributed by atoms with E-state index >= 15 is 0 Å². The summed E-state index contributed by atoms with van der Waals surface area (Å²) in [6.45, 7) is 9.80. The van der Waals surface area contributed by atoms with Crippen molar-refractivity contribution in [3.8, 4) is 0 Å². The van der Waals surface area contributed by atoms with Crippen LogP contribution in [0.15, 0.2) is 12.7 Å². The lowest BCUT2D eigenvalue weighted by atomic mass is 9.69. The quantitative estimate of drug-likeness (QED) is 0.557. The van der Waals surface area contributed by atoms with Gasteiger partial charge in [-0.1, -0.05) is 26.8 Å². The largest absolute Gasteiger partial charge is 0.393 e. The van der Waals surface area contributed by atoms with Crippen LogP contribution < -0.4 is 0 Å². The van der Waals surface area contributed by atoms with Crippen LogP contribution in [0.4, 0.5) is 0 Å². The van der Waals surface area contributed by atoms with Crippen LogP contribution >= 0.6 is 0 Å². The van der Waals surface area contributed by atoms with Gasteiger partial charge in [-0.15, -0.1) is 6.58 Å². The molecule has 0 bridgehead atoms. The van der Waals surface area contributed by atoms with Gasteiger partial charge < -0.3 is 5.11 Å². The van der Waals surface area contributed by atoms with Crippen molar-refractivity contribution in [3.05, 3.63) is 12.7 Å². The van der Waals surface area contributed by atoms with E-state index in [0.717, 1.165) is 12.8 Å². The Hall–Kier alpha value is -0.300. The molecule has 1 nitrogen and oxygen atoms in total. The summed E-state index contributed by atoms with van der Waals surface area (Å²) in [5, 5.41) is 8.87. The maximum atomic E-state index is 8.87. The summed E-state index contributed by atoms with van der Waals surface area (Å²) < 4.78 is 0. The van der Waals surface area contributed by atoms with Crippen molar-refractivity contribution in [2.75, 3.05) is 0 Å². The maximum absolute atomic E-state index is 8.87. The average molecular weight is 142 g/mol. The highest BCUT2D eigenvalue weighted by atomic mass is 16.3. The van der Waals surface area contributed by atoms with Crippen LogP contribution in [0.1, 0.15) is 33.6 Å². The molecule has 1 aliphatic carbocycles. The van der Waals surface area contributed by atoms with Gasteiger partial charge in [-0.2, -0.15) is 0 Å². The van der Waals surface area contributed by atoms with Crippen LogP contribution in [0, 0.1) is 5.41 Å². The number of hydrogen-bond acceptors (Lipinski definition) is 1. The zero-order chi connectivity index (χ0) is 8.20. The number of rotatable bonds is 1. The zero-order valence-electron chi connectivity index (χ0n) is 7.22. The Morgan fingerprint density at radius 3 is 2.00 bits per heavy atom. The molecule has 0 aromatic rings. The topological polar surface area (TPSA) is 20.2 Å². The fourth-order valence-corrected chi connectivity index (χ4v) is 1.18. The molecule has 0 aromatic carbocycles. The maximum Gasteiger partial charge on any atom is 0.0556 e. The SMILES string of the molecule is C=CC1(C)CC(O)C1.CC. The molecule has 1 fully saturated rings. The lowest BCUT2D eigenvalue weighted by Gasteiger charge is -2.39. The third-order valence-corrected chi connectivity index (χ3v) is 1.90. The van der Waals surface area contributed by atoms with Gasteiger partial charge in [0.1, 0.15) is 0 Å². The molecule has 0 radical (unpaired) electrons. The summed E-state index contributed by atoms with van der Waals surface area (Å²) in [6, 6.07) is 0. The van der Waals surface area contributed by atoms with Crippen LogP contribution in [-0.2, 0) is 0 Å². The Morgan fingerprint density at radius 1 is 1.50 bits per heavy atom. The van der Waals surface area contributed by atoms with E-state index in [1.54, 1.807) is 0 Å². The summed E-state index contributed by atoms with van der Waals surface area (Å²) in [6.07, 6.45) is 3.67. The lowest BCUT2D eigenvalue weighted by Crippen LogP contribution is -2.36. The average Bonchev–Trinajstić information content (AvgIpc) is 1.90. The number of hydrogen-bond donors (Lipinski definition) is 1. The predicted octanol–water partition coefficient (Wildman–Crippen LogP) is 2.36. The van der Waals surface area contributed by atoms with E-state index in [1.165, 1.54) is 0 Å². The second-order valence-corrected chi connectivity index (χ2v) is 2.92. The summed E-state index contributed by atoms with van der Waals surface area (Å²) in [7, 11) is 0. The van der Waals surface area contributed by atoms with E-state index in [4.69, 9.17) is 5.11 Å². The lowest BCUT2D eigenvalue weighted by molar-refractivity contribution is 0.00967. The fraction of sp³-hybridized carbons (Fsp3) is 0.778. The molecule has 0 unspecified atom stereocenters. The molecule has 0 atom stereocenters. The minimum atomic E-state index is -0.0574. The molecule has 0 aromatic heterocycles. The van der Waals surface area contributed by atoms with E-state index < -0.39 is 0 Å². The fourth-order valence-electron chi connectivity index (χ4n) is 1.18. The van der Waals surface area contributed by atoms with Gasteiger partial charge in [-0.05, 0) is 18.3 Å². The molecular weight excluding hydrogens is 124 g/mol. The Morgan fingerprint density at radius 2 is 1.90 bits per heavy atom. The number of allylic oxidation sites excluding steroid dienone is 1. The highest BCUT2D eigenvalue weighted by molar-refractivity contribution is 5.01. The minimum absolute atomic E-state index is 0.0574. The third-order valence-electron chi connectivity index (χ3n) is 1.90. The van der Waals surface area contributed by atoms with Crippen molar-refractivity contribution < 1.29 is 5.11 Å². The molecule has 1 heteroatoms. The first-order valence-corrected chi connectivity index (χ1v) is 3.98. The van der Waals surface area contributed by atoms with E-state index in [9.17, 15) is 0 Å². The molecule has 10 heavy (non-hydrogen) atoms. The van der Waals surface area contributed by atoms with Crippen molar-refractivity contribution >= 4 is 0 Å². The molecule has 1 N–H and O–H groups in total. The molecule has 0 aliphatic heterocycles. The van der Waals surface area contributed by atoms with Gasteiger partial charge in [0.15, 0.2) is 0 Å². The van der Waals surface area contributed by atoms with Gasteiger partial charge >= 0.3 is 0 Å². The highest BCUT2D eigenvalue weighted by Crippen LogP contribution is 2.41. The van der Waals surface area contributed by atoms with Crippen LogP contribution in [0.5, 0.6) is 0 Å². The molecule has 1 aliphatic rings. The van der Waals surface area contributed by atoms with E-state index in [0.29, 0.717) is 0 Å². The first-order chi connectivity index (χ1) is 4.66. The summed E-state index contributed by atoms with van der Waals surface area (Å²) in [5.41, 5.74) is 0.249. The highest BCUT2D eigenvalue weighted by Gasteiger charge is 2.35. The summed E-state index contributed by atoms with van der Waals surface area (Å²) in [5.74, 6) is 0. The van der Waals surface area contributed by atoms with Crippen molar-refractivity contribution in [3.63, 3.8) is 0 Å². The van der Waals surface area contributed by atoms with Gasteiger partial charge in [-0.25, -0.2) is 0 Å². The van der Waals surface area contributed by atoms with E-state index in [1.807, 2.05) is 19.9 Å². The molecule has 1 saturated carbocycles. The first-order valence-electron chi connectivity index (χ1n) is 3.98. The van der Waals surface area contributed by atoms with Gasteiger partial charge in [-0.3, -0.25) is 0 Å². The third kappa shape index (κ3) is 2.14. The molecule has 0 heterocycles. The first kappa shape index (κ1) is 9.70.